The number of hydrogen-bond donors (Lipinski definition) is 2. The van der Waals surface area contributed by atoms with E-state index in [0.29, 0.717) is 13.1 Å². The first-order valence-electron chi connectivity index (χ1n) is 9.84. The molecule has 0 bridgehead atoms. The van der Waals surface area contributed by atoms with Crippen molar-refractivity contribution in [3.63, 3.8) is 0 Å². The van der Waals surface area contributed by atoms with Gasteiger partial charge in [0.25, 0.3) is 0 Å². The monoisotopic (exact) mass is 394 g/mol. The highest BCUT2D eigenvalue weighted by Crippen LogP contribution is 2.28. The lowest BCUT2D eigenvalue weighted by Crippen LogP contribution is -2.41. The van der Waals surface area contributed by atoms with Gasteiger partial charge in [-0.05, 0) is 49.8 Å². The van der Waals surface area contributed by atoms with Gasteiger partial charge in [0.1, 0.15) is 5.75 Å². The highest BCUT2D eigenvalue weighted by molar-refractivity contribution is 5.84. The molecule has 0 radical (unpaired) electrons. The van der Waals surface area contributed by atoms with Crippen LogP contribution in [0, 0.1) is 0 Å². The molecule has 6 heteroatoms. The fraction of sp³-hybridized carbons (Fsp3) is 0.348. The van der Waals surface area contributed by atoms with Crippen LogP contribution in [0.3, 0.4) is 0 Å². The van der Waals surface area contributed by atoms with E-state index in [0.717, 1.165) is 17.7 Å². The van der Waals surface area contributed by atoms with Gasteiger partial charge in [0.05, 0.1) is 13.2 Å². The van der Waals surface area contributed by atoms with Crippen LogP contribution in [-0.4, -0.2) is 49.8 Å². The fourth-order valence-corrected chi connectivity index (χ4v) is 3.57. The number of nitrogens with one attached hydrogen (secondary N) is 2. The van der Waals surface area contributed by atoms with Crippen molar-refractivity contribution in [3.05, 3.63) is 65.9 Å². The molecule has 0 saturated carbocycles. The molecule has 2 amide bonds. The summed E-state index contributed by atoms with van der Waals surface area (Å²) in [6.07, 6.45) is 2.93. The van der Waals surface area contributed by atoms with Gasteiger partial charge in [-0.1, -0.05) is 30.3 Å². The average molecular weight is 395 g/mol. The molecule has 1 heterocycles. The summed E-state index contributed by atoms with van der Waals surface area (Å²) in [5, 5.41) is 7.18. The number of carbonyl (C=O) groups is 1. The minimum Gasteiger partial charge on any atom is -0.497 e. The van der Waals surface area contributed by atoms with Gasteiger partial charge < -0.3 is 24.8 Å². The number of aryl methyl sites for hydroxylation is 1. The predicted octanol–water partition coefficient (Wildman–Crippen LogP) is 3.33. The van der Waals surface area contributed by atoms with Gasteiger partial charge in [-0.2, -0.15) is 0 Å². The van der Waals surface area contributed by atoms with Crippen LogP contribution >= 0.6 is 0 Å². The number of likely N-dealkylation sites (N-methyl/N-ethyl adjacent to an activating group) is 1. The molecule has 0 fully saturated rings. The molecule has 0 saturated heterocycles. The van der Waals surface area contributed by atoms with E-state index >= 15 is 0 Å². The number of rotatable bonds is 8. The molecule has 0 spiro atoms. The number of amides is 2. The van der Waals surface area contributed by atoms with E-state index in [1.165, 1.54) is 16.5 Å². The summed E-state index contributed by atoms with van der Waals surface area (Å²) in [6, 6.07) is 16.2. The zero-order chi connectivity index (χ0) is 20.8. The van der Waals surface area contributed by atoms with Crippen molar-refractivity contribution in [1.29, 1.82) is 0 Å². The molecule has 154 valence electrons. The first kappa shape index (κ1) is 20.7. The van der Waals surface area contributed by atoms with E-state index in [1.807, 2.05) is 44.4 Å². The van der Waals surface area contributed by atoms with Gasteiger partial charge in [0, 0.05) is 37.2 Å². The number of carbonyl (C=O) groups excluding carboxylic acids is 1. The number of fused-ring (bicyclic) bond motifs is 1. The van der Waals surface area contributed by atoms with E-state index in [9.17, 15) is 4.79 Å². The molecule has 0 aliphatic carbocycles. The van der Waals surface area contributed by atoms with Gasteiger partial charge in [-0.25, -0.2) is 4.79 Å². The van der Waals surface area contributed by atoms with Crippen molar-refractivity contribution in [2.75, 3.05) is 34.3 Å². The number of ether oxygens (including phenoxy) is 1. The van der Waals surface area contributed by atoms with E-state index in [-0.39, 0.29) is 12.1 Å². The number of benzene rings is 2. The van der Waals surface area contributed by atoms with Crippen molar-refractivity contribution in [2.24, 2.45) is 7.05 Å². The molecule has 1 unspecified atom stereocenters. The maximum atomic E-state index is 12.3. The molecule has 2 aromatic carbocycles. The quantitative estimate of drug-likeness (QED) is 0.616. The minimum atomic E-state index is -0.148. The standard InChI is InChI=1S/C23H30N4O2/c1-26(2)22(20-16-27(3)21-8-6-5-7-19(20)21)15-25-23(28)24-14-13-17-9-11-18(29-4)12-10-17/h5-12,16,22H,13-15H2,1-4H3,(H2,24,25,28). The van der Waals surface area contributed by atoms with Crippen LogP contribution in [0.2, 0.25) is 0 Å². The Kier molecular flexibility index (Phi) is 6.77. The first-order valence-corrected chi connectivity index (χ1v) is 9.84. The summed E-state index contributed by atoms with van der Waals surface area (Å²) >= 11 is 0. The molecular weight excluding hydrogens is 364 g/mol. The third-order valence-corrected chi connectivity index (χ3v) is 5.22. The molecule has 0 aliphatic heterocycles. The smallest absolute Gasteiger partial charge is 0.314 e. The Bertz CT molecular complexity index is 947. The van der Waals surface area contributed by atoms with Gasteiger partial charge >= 0.3 is 6.03 Å². The van der Waals surface area contributed by atoms with Crippen LogP contribution < -0.4 is 15.4 Å². The average Bonchev–Trinajstić information content (AvgIpc) is 3.05. The Labute approximate surface area is 172 Å². The van der Waals surface area contributed by atoms with Crippen LogP contribution in [0.5, 0.6) is 5.75 Å². The Hall–Kier alpha value is -2.99. The zero-order valence-electron chi connectivity index (χ0n) is 17.6. The predicted molar refractivity (Wildman–Crippen MR) is 117 cm³/mol. The Balaban J connectivity index is 1.55. The van der Waals surface area contributed by atoms with Gasteiger partial charge in [-0.15, -0.1) is 0 Å². The third-order valence-electron chi connectivity index (χ3n) is 5.22. The van der Waals surface area contributed by atoms with E-state index in [2.05, 4.69) is 51.5 Å². The lowest BCUT2D eigenvalue weighted by atomic mass is 10.0. The number of aromatic nitrogens is 1. The van der Waals surface area contributed by atoms with E-state index in [1.54, 1.807) is 7.11 Å². The Morgan fingerprint density at radius 2 is 1.83 bits per heavy atom. The first-order chi connectivity index (χ1) is 14.0. The van der Waals surface area contributed by atoms with E-state index < -0.39 is 0 Å². The van der Waals surface area contributed by atoms with Crippen LogP contribution in [0.1, 0.15) is 17.2 Å². The van der Waals surface area contributed by atoms with Crippen LogP contribution in [0.25, 0.3) is 10.9 Å². The zero-order valence-corrected chi connectivity index (χ0v) is 17.6. The lowest BCUT2D eigenvalue weighted by Gasteiger charge is -2.24. The number of urea groups is 1. The molecule has 29 heavy (non-hydrogen) atoms. The number of nitrogens with zero attached hydrogens (tertiary/aromatic N) is 2. The molecule has 2 N–H and O–H groups in total. The number of hydrogen-bond acceptors (Lipinski definition) is 3. The fourth-order valence-electron chi connectivity index (χ4n) is 3.57. The molecule has 1 atom stereocenters. The summed E-state index contributed by atoms with van der Waals surface area (Å²) in [7, 11) is 7.78. The molecule has 0 aliphatic rings. The second-order valence-corrected chi connectivity index (χ2v) is 7.43. The van der Waals surface area contributed by atoms with Gasteiger partial charge in [-0.3, -0.25) is 0 Å². The molecule has 3 rings (SSSR count). The normalized spacial score (nSPS) is 12.2. The van der Waals surface area contributed by atoms with Crippen LogP contribution in [0.4, 0.5) is 4.79 Å². The summed E-state index contributed by atoms with van der Waals surface area (Å²) in [5.41, 5.74) is 3.57. The summed E-state index contributed by atoms with van der Waals surface area (Å²) in [6.45, 7) is 1.12. The molecule has 1 aromatic heterocycles. The van der Waals surface area contributed by atoms with Crippen molar-refractivity contribution < 1.29 is 9.53 Å². The van der Waals surface area contributed by atoms with Crippen LogP contribution in [-0.2, 0) is 13.5 Å². The van der Waals surface area contributed by atoms with Crippen molar-refractivity contribution in [3.8, 4) is 5.75 Å². The van der Waals surface area contributed by atoms with Gasteiger partial charge in [0.15, 0.2) is 0 Å². The Morgan fingerprint density at radius 1 is 1.10 bits per heavy atom. The van der Waals surface area contributed by atoms with Crippen LogP contribution in [0.15, 0.2) is 54.7 Å². The van der Waals surface area contributed by atoms with Crippen molar-refractivity contribution >= 4 is 16.9 Å². The lowest BCUT2D eigenvalue weighted by molar-refractivity contribution is 0.233. The molecule has 3 aromatic rings. The minimum absolute atomic E-state index is 0.0911. The Morgan fingerprint density at radius 3 is 2.52 bits per heavy atom. The number of para-hydroxylation sites is 1. The number of methoxy groups -OCH3 is 1. The SMILES string of the molecule is COc1ccc(CCNC(=O)NCC(c2cn(C)c3ccccc23)N(C)C)cc1. The second-order valence-electron chi connectivity index (χ2n) is 7.43. The third kappa shape index (κ3) is 5.09. The van der Waals surface area contributed by atoms with Crippen molar-refractivity contribution in [2.45, 2.75) is 12.5 Å². The largest absolute Gasteiger partial charge is 0.497 e. The topological polar surface area (TPSA) is 58.5 Å². The van der Waals surface area contributed by atoms with Gasteiger partial charge in [0.2, 0.25) is 0 Å². The molecular formula is C23H30N4O2. The summed E-state index contributed by atoms with van der Waals surface area (Å²) in [4.78, 5) is 14.4. The van der Waals surface area contributed by atoms with Crippen molar-refractivity contribution in [1.82, 2.24) is 20.1 Å². The summed E-state index contributed by atoms with van der Waals surface area (Å²) < 4.78 is 7.30. The maximum Gasteiger partial charge on any atom is 0.314 e. The highest BCUT2D eigenvalue weighted by atomic mass is 16.5. The summed E-state index contributed by atoms with van der Waals surface area (Å²) in [5.74, 6) is 0.836. The molecule has 6 nitrogen and oxygen atoms in total. The highest BCUT2D eigenvalue weighted by Gasteiger charge is 2.19. The second kappa shape index (κ2) is 9.47. The maximum absolute atomic E-state index is 12.3. The van der Waals surface area contributed by atoms with E-state index in [4.69, 9.17) is 4.74 Å².